The molecule has 0 saturated carbocycles. The summed E-state index contributed by atoms with van der Waals surface area (Å²) in [5.74, 6) is 0.475. The van der Waals surface area contributed by atoms with E-state index < -0.39 is 0 Å². The Balaban J connectivity index is 1.23. The van der Waals surface area contributed by atoms with E-state index in [1.165, 1.54) is 18.4 Å². The van der Waals surface area contributed by atoms with Crippen molar-refractivity contribution in [1.82, 2.24) is 25.4 Å². The molecule has 1 atom stereocenters. The van der Waals surface area contributed by atoms with E-state index in [9.17, 15) is 4.79 Å². The number of hydrogen-bond donors (Lipinski definition) is 2. The average Bonchev–Trinajstić information content (AvgIpc) is 2.76. The van der Waals surface area contributed by atoms with E-state index in [1.807, 2.05) is 18.5 Å². The number of piperidine rings is 3. The largest absolute Gasteiger partial charge is 0.353 e. The first-order valence-corrected chi connectivity index (χ1v) is 11.1. The van der Waals surface area contributed by atoms with E-state index in [4.69, 9.17) is 0 Å². The van der Waals surface area contributed by atoms with Crippen LogP contribution in [0, 0.1) is 5.92 Å². The van der Waals surface area contributed by atoms with Gasteiger partial charge in [-0.15, -0.1) is 0 Å². The fourth-order valence-electron chi connectivity index (χ4n) is 5.03. The summed E-state index contributed by atoms with van der Waals surface area (Å²) >= 11 is 0. The number of nitrogens with one attached hydrogen (secondary N) is 2. The van der Waals surface area contributed by atoms with Crippen LogP contribution in [0.25, 0.3) is 0 Å². The molecule has 6 nitrogen and oxygen atoms in total. The molecule has 4 rings (SSSR count). The summed E-state index contributed by atoms with van der Waals surface area (Å²) in [5.41, 5.74) is 1.30. The third kappa shape index (κ3) is 5.31. The van der Waals surface area contributed by atoms with E-state index >= 15 is 0 Å². The molecule has 0 unspecified atom stereocenters. The zero-order valence-electron chi connectivity index (χ0n) is 17.0. The summed E-state index contributed by atoms with van der Waals surface area (Å²) in [4.78, 5) is 22.2. The summed E-state index contributed by atoms with van der Waals surface area (Å²) in [6.45, 7) is 7.44. The SMILES string of the molecule is O=C(NC1CCNCC1)[C@@H]1CCCN(C2CCN(Cc3cccnc3)CC2)C1. The Morgan fingerprint density at radius 1 is 1.14 bits per heavy atom. The Morgan fingerprint density at radius 3 is 2.71 bits per heavy atom. The van der Waals surface area contributed by atoms with Crippen LogP contribution in [0.15, 0.2) is 24.5 Å². The molecule has 0 bridgehead atoms. The molecular formula is C22H35N5O. The summed E-state index contributed by atoms with van der Waals surface area (Å²) < 4.78 is 0. The van der Waals surface area contributed by atoms with Crippen molar-refractivity contribution in [2.75, 3.05) is 39.3 Å². The molecule has 1 amide bonds. The summed E-state index contributed by atoms with van der Waals surface area (Å²) in [7, 11) is 0. The number of likely N-dealkylation sites (tertiary alicyclic amines) is 2. The van der Waals surface area contributed by atoms with Crippen LogP contribution in [0.2, 0.25) is 0 Å². The molecule has 1 aromatic heterocycles. The fraction of sp³-hybridized carbons (Fsp3) is 0.727. The van der Waals surface area contributed by atoms with Crippen LogP contribution < -0.4 is 10.6 Å². The molecule has 28 heavy (non-hydrogen) atoms. The molecule has 3 saturated heterocycles. The highest BCUT2D eigenvalue weighted by Crippen LogP contribution is 2.25. The molecular weight excluding hydrogens is 350 g/mol. The third-order valence-corrected chi connectivity index (χ3v) is 6.71. The Bertz CT molecular complexity index is 611. The molecule has 0 aliphatic carbocycles. The predicted molar refractivity (Wildman–Crippen MR) is 111 cm³/mol. The summed E-state index contributed by atoms with van der Waals surface area (Å²) in [6, 6.07) is 5.19. The number of pyridine rings is 1. The van der Waals surface area contributed by atoms with E-state index in [-0.39, 0.29) is 5.92 Å². The van der Waals surface area contributed by atoms with E-state index in [0.717, 1.165) is 71.5 Å². The molecule has 3 aliphatic heterocycles. The highest BCUT2D eigenvalue weighted by atomic mass is 16.2. The molecule has 0 radical (unpaired) electrons. The quantitative estimate of drug-likeness (QED) is 0.807. The lowest BCUT2D eigenvalue weighted by molar-refractivity contribution is -0.128. The number of nitrogens with zero attached hydrogens (tertiary/aromatic N) is 3. The van der Waals surface area contributed by atoms with Gasteiger partial charge in [0.05, 0.1) is 5.92 Å². The van der Waals surface area contributed by atoms with Crippen molar-refractivity contribution in [3.8, 4) is 0 Å². The predicted octanol–water partition coefficient (Wildman–Crippen LogP) is 1.63. The molecule has 4 heterocycles. The van der Waals surface area contributed by atoms with E-state index in [2.05, 4.69) is 31.5 Å². The Morgan fingerprint density at radius 2 is 1.96 bits per heavy atom. The van der Waals surface area contributed by atoms with Crippen molar-refractivity contribution in [2.24, 2.45) is 5.92 Å². The van der Waals surface area contributed by atoms with Crippen LogP contribution in [0.3, 0.4) is 0 Å². The number of aromatic nitrogens is 1. The van der Waals surface area contributed by atoms with Gasteiger partial charge in [0, 0.05) is 37.6 Å². The van der Waals surface area contributed by atoms with Gasteiger partial charge in [0.2, 0.25) is 5.91 Å². The van der Waals surface area contributed by atoms with Gasteiger partial charge in [-0.2, -0.15) is 0 Å². The first-order chi connectivity index (χ1) is 13.8. The van der Waals surface area contributed by atoms with Crippen molar-refractivity contribution < 1.29 is 4.79 Å². The summed E-state index contributed by atoms with van der Waals surface area (Å²) in [5, 5.41) is 6.70. The van der Waals surface area contributed by atoms with Gasteiger partial charge in [0.1, 0.15) is 0 Å². The molecule has 2 N–H and O–H groups in total. The van der Waals surface area contributed by atoms with Crippen molar-refractivity contribution >= 4 is 5.91 Å². The minimum Gasteiger partial charge on any atom is -0.353 e. The standard InChI is InChI=1S/C22H35N5O/c28-22(25-20-5-10-23-11-6-20)19-4-2-12-27(17-19)21-7-13-26(14-8-21)16-18-3-1-9-24-15-18/h1,3,9,15,19-21,23H,2,4-8,10-14,16-17H2,(H,25,28)/t19-/m1/s1. The summed E-state index contributed by atoms with van der Waals surface area (Å²) in [6.07, 6.45) is 10.6. The van der Waals surface area contributed by atoms with Gasteiger partial charge in [0.25, 0.3) is 0 Å². The number of hydrogen-bond acceptors (Lipinski definition) is 5. The first-order valence-electron chi connectivity index (χ1n) is 11.1. The van der Waals surface area contributed by atoms with Gasteiger partial charge in [-0.3, -0.25) is 19.6 Å². The number of rotatable bonds is 5. The van der Waals surface area contributed by atoms with Crippen LogP contribution >= 0.6 is 0 Å². The van der Waals surface area contributed by atoms with Crippen molar-refractivity contribution in [3.63, 3.8) is 0 Å². The minimum atomic E-state index is 0.178. The molecule has 0 aromatic carbocycles. The van der Waals surface area contributed by atoms with Gasteiger partial charge in [0.15, 0.2) is 0 Å². The topological polar surface area (TPSA) is 60.5 Å². The van der Waals surface area contributed by atoms with Crippen molar-refractivity contribution in [3.05, 3.63) is 30.1 Å². The maximum absolute atomic E-state index is 12.8. The van der Waals surface area contributed by atoms with E-state index in [0.29, 0.717) is 18.0 Å². The average molecular weight is 386 g/mol. The fourth-order valence-corrected chi connectivity index (χ4v) is 5.03. The smallest absolute Gasteiger partial charge is 0.224 e. The second kappa shape index (κ2) is 9.81. The highest BCUT2D eigenvalue weighted by molar-refractivity contribution is 5.79. The molecule has 3 fully saturated rings. The van der Waals surface area contributed by atoms with Crippen LogP contribution in [0.1, 0.15) is 44.1 Å². The lowest BCUT2D eigenvalue weighted by Gasteiger charge is -2.42. The number of carbonyl (C=O) groups excluding carboxylic acids is 1. The zero-order chi connectivity index (χ0) is 19.2. The van der Waals surface area contributed by atoms with Crippen LogP contribution in [0.5, 0.6) is 0 Å². The number of carbonyl (C=O) groups is 1. The normalized spacial score (nSPS) is 26.2. The first kappa shape index (κ1) is 19.8. The van der Waals surface area contributed by atoms with Gasteiger partial charge in [-0.05, 0) is 82.9 Å². The van der Waals surface area contributed by atoms with Crippen molar-refractivity contribution in [1.29, 1.82) is 0 Å². The monoisotopic (exact) mass is 385 g/mol. The molecule has 6 heteroatoms. The van der Waals surface area contributed by atoms with Gasteiger partial charge < -0.3 is 10.6 Å². The highest BCUT2D eigenvalue weighted by Gasteiger charge is 2.32. The number of amides is 1. The molecule has 0 spiro atoms. The second-order valence-electron chi connectivity index (χ2n) is 8.74. The molecule has 3 aliphatic rings. The van der Waals surface area contributed by atoms with Crippen LogP contribution in [-0.4, -0.2) is 72.0 Å². The Labute approximate surface area is 169 Å². The maximum Gasteiger partial charge on any atom is 0.224 e. The van der Waals surface area contributed by atoms with E-state index in [1.54, 1.807) is 0 Å². The lowest BCUT2D eigenvalue weighted by atomic mass is 9.92. The molecule has 1 aromatic rings. The van der Waals surface area contributed by atoms with Gasteiger partial charge in [-0.25, -0.2) is 0 Å². The Hall–Kier alpha value is -1.50. The van der Waals surface area contributed by atoms with Gasteiger partial charge >= 0.3 is 0 Å². The van der Waals surface area contributed by atoms with Crippen LogP contribution in [-0.2, 0) is 11.3 Å². The Kier molecular flexibility index (Phi) is 6.94. The lowest BCUT2D eigenvalue weighted by Crippen LogP contribution is -2.52. The maximum atomic E-state index is 12.8. The van der Waals surface area contributed by atoms with Gasteiger partial charge in [-0.1, -0.05) is 6.07 Å². The molecule has 154 valence electrons. The minimum absolute atomic E-state index is 0.178. The second-order valence-corrected chi connectivity index (χ2v) is 8.74. The third-order valence-electron chi connectivity index (χ3n) is 6.71. The zero-order valence-corrected chi connectivity index (χ0v) is 17.0. The van der Waals surface area contributed by atoms with Crippen LogP contribution in [0.4, 0.5) is 0 Å². The van der Waals surface area contributed by atoms with Crippen molar-refractivity contribution in [2.45, 2.75) is 57.2 Å².